The predicted molar refractivity (Wildman–Crippen MR) is 106 cm³/mol. The van der Waals surface area contributed by atoms with E-state index >= 15 is 0 Å². The van der Waals surface area contributed by atoms with Crippen LogP contribution in [0.2, 0.25) is 0 Å². The number of fused-ring (bicyclic) bond motifs is 3. The predicted octanol–water partition coefficient (Wildman–Crippen LogP) is 5.44. The topological polar surface area (TPSA) is 91.6 Å². The molecule has 0 aliphatic carbocycles. The average Bonchev–Trinajstić information content (AvgIpc) is 2.70. The van der Waals surface area contributed by atoms with Crippen LogP contribution in [0.3, 0.4) is 0 Å². The number of benzene rings is 3. The molecule has 3 aromatic carbocycles. The molecule has 0 unspecified atom stereocenters. The van der Waals surface area contributed by atoms with E-state index in [0.717, 1.165) is 29.4 Å². The molecule has 0 fully saturated rings. The zero-order chi connectivity index (χ0) is 19.7. The monoisotopic (exact) mass is 374 g/mol. The van der Waals surface area contributed by atoms with Gasteiger partial charge >= 0.3 is 5.97 Å². The molecule has 28 heavy (non-hydrogen) atoms. The molecule has 0 saturated carbocycles. The van der Waals surface area contributed by atoms with Crippen molar-refractivity contribution in [3.8, 4) is 23.3 Å². The fourth-order valence-corrected chi connectivity index (χ4v) is 3.17. The van der Waals surface area contributed by atoms with Crippen molar-refractivity contribution in [1.82, 2.24) is 0 Å². The largest absolute Gasteiger partial charge is 0.494 e. The van der Waals surface area contributed by atoms with Gasteiger partial charge in [0.2, 0.25) is 0 Å². The molecule has 1 aliphatic heterocycles. The van der Waals surface area contributed by atoms with Crippen LogP contribution >= 0.6 is 0 Å². The number of unbranched alkanes of at least 4 members (excludes halogenated alkanes) is 1. The van der Waals surface area contributed by atoms with Crippen molar-refractivity contribution in [2.45, 2.75) is 19.8 Å². The summed E-state index contributed by atoms with van der Waals surface area (Å²) in [6, 6.07) is 14.5. The quantitative estimate of drug-likeness (QED) is 0.452. The van der Waals surface area contributed by atoms with Crippen LogP contribution < -0.4 is 14.8 Å². The van der Waals surface area contributed by atoms with Crippen molar-refractivity contribution in [2.75, 3.05) is 11.9 Å². The lowest BCUT2D eigenvalue weighted by Gasteiger charge is -2.24. The molecule has 6 nitrogen and oxygen atoms in total. The fraction of sp³-hybridized carbons (Fsp3) is 0.182. The smallest absolute Gasteiger partial charge is 0.338 e. The lowest BCUT2D eigenvalue weighted by molar-refractivity contribution is 0.0697. The molecule has 0 radical (unpaired) electrons. The molecule has 0 aromatic heterocycles. The number of carbonyl (C=O) groups is 1. The van der Waals surface area contributed by atoms with E-state index in [1.165, 1.54) is 12.1 Å². The number of aromatic carboxylic acids is 1. The Bertz CT molecular complexity index is 1130. The van der Waals surface area contributed by atoms with Gasteiger partial charge in [0.15, 0.2) is 11.5 Å². The Kier molecular flexibility index (Phi) is 4.50. The Morgan fingerprint density at radius 3 is 2.79 bits per heavy atom. The third kappa shape index (κ3) is 3.19. The number of nitrogens with one attached hydrogen (secondary N) is 1. The van der Waals surface area contributed by atoms with Crippen LogP contribution in [-0.4, -0.2) is 17.7 Å². The number of anilines is 2. The van der Waals surface area contributed by atoms with E-state index in [4.69, 9.17) is 14.7 Å². The molecular formula is C22H18N2O4. The Morgan fingerprint density at radius 2 is 2.04 bits per heavy atom. The van der Waals surface area contributed by atoms with E-state index in [-0.39, 0.29) is 11.1 Å². The molecule has 6 heteroatoms. The molecule has 2 N–H and O–H groups in total. The minimum atomic E-state index is -1.12. The number of ether oxygens (including phenoxy) is 2. The van der Waals surface area contributed by atoms with E-state index in [1.54, 1.807) is 0 Å². The molecule has 140 valence electrons. The molecule has 0 bridgehead atoms. The lowest BCUT2D eigenvalue weighted by Crippen LogP contribution is -2.09. The highest BCUT2D eigenvalue weighted by atomic mass is 16.5. The fourth-order valence-electron chi connectivity index (χ4n) is 3.17. The van der Waals surface area contributed by atoms with Gasteiger partial charge in [0.05, 0.1) is 35.2 Å². The van der Waals surface area contributed by atoms with Gasteiger partial charge in [-0.1, -0.05) is 19.4 Å². The average molecular weight is 374 g/mol. The summed E-state index contributed by atoms with van der Waals surface area (Å²) < 4.78 is 11.7. The summed E-state index contributed by atoms with van der Waals surface area (Å²) >= 11 is 0. The van der Waals surface area contributed by atoms with E-state index in [9.17, 15) is 9.90 Å². The zero-order valence-corrected chi connectivity index (χ0v) is 15.3. The summed E-state index contributed by atoms with van der Waals surface area (Å²) in [5.41, 5.74) is 1.24. The maximum atomic E-state index is 11.6. The highest BCUT2D eigenvalue weighted by Gasteiger charge is 2.24. The van der Waals surface area contributed by atoms with Gasteiger partial charge in [0.25, 0.3) is 0 Å². The summed E-state index contributed by atoms with van der Waals surface area (Å²) in [6.07, 6.45) is 2.07. The molecular weight excluding hydrogens is 356 g/mol. The van der Waals surface area contributed by atoms with Crippen molar-refractivity contribution in [3.05, 3.63) is 53.6 Å². The van der Waals surface area contributed by atoms with E-state index in [1.807, 2.05) is 36.4 Å². The highest BCUT2D eigenvalue weighted by molar-refractivity contribution is 6.00. The van der Waals surface area contributed by atoms with Crippen molar-refractivity contribution in [1.29, 1.82) is 5.26 Å². The van der Waals surface area contributed by atoms with Gasteiger partial charge in [-0.05, 0) is 47.5 Å². The maximum absolute atomic E-state index is 11.6. The molecule has 0 atom stereocenters. The normalized spacial score (nSPS) is 11.6. The first-order valence-electron chi connectivity index (χ1n) is 9.06. The second-order valence-electron chi connectivity index (χ2n) is 6.60. The summed E-state index contributed by atoms with van der Waals surface area (Å²) in [6.45, 7) is 2.79. The molecule has 0 saturated heterocycles. The van der Waals surface area contributed by atoms with Crippen molar-refractivity contribution in [3.63, 3.8) is 0 Å². The number of hydrogen-bond acceptors (Lipinski definition) is 5. The molecule has 1 heterocycles. The van der Waals surface area contributed by atoms with Gasteiger partial charge in [0.1, 0.15) is 5.75 Å². The molecule has 0 amide bonds. The van der Waals surface area contributed by atoms with E-state index < -0.39 is 5.97 Å². The van der Waals surface area contributed by atoms with Crippen LogP contribution in [0.1, 0.15) is 35.7 Å². The SMILES string of the molecule is CCCCOc1ccc2cc3c(cc2c1)Nc1c(cc(C#N)cc1C(=O)O)O3. The van der Waals surface area contributed by atoms with Crippen molar-refractivity contribution in [2.24, 2.45) is 0 Å². The van der Waals surface area contributed by atoms with Crippen LogP contribution in [0.25, 0.3) is 10.8 Å². The summed E-state index contributed by atoms with van der Waals surface area (Å²) in [5.74, 6) is 0.567. The van der Waals surface area contributed by atoms with Gasteiger partial charge in [-0.25, -0.2) is 4.79 Å². The first-order valence-corrected chi connectivity index (χ1v) is 9.06. The number of rotatable bonds is 5. The van der Waals surface area contributed by atoms with Crippen LogP contribution in [-0.2, 0) is 0 Å². The van der Waals surface area contributed by atoms with Crippen LogP contribution in [0.5, 0.6) is 17.2 Å². The summed E-state index contributed by atoms with van der Waals surface area (Å²) in [4.78, 5) is 11.6. The van der Waals surface area contributed by atoms with Crippen LogP contribution in [0, 0.1) is 11.3 Å². The van der Waals surface area contributed by atoms with Crippen LogP contribution in [0.4, 0.5) is 11.4 Å². The maximum Gasteiger partial charge on any atom is 0.338 e. The number of nitrogens with zero attached hydrogens (tertiary/aromatic N) is 1. The minimum Gasteiger partial charge on any atom is -0.494 e. The Labute approximate surface area is 161 Å². The number of nitriles is 1. The number of carboxylic acids is 1. The zero-order valence-electron chi connectivity index (χ0n) is 15.3. The van der Waals surface area contributed by atoms with Gasteiger partial charge in [-0.3, -0.25) is 0 Å². The molecule has 1 aliphatic rings. The van der Waals surface area contributed by atoms with E-state index in [2.05, 4.69) is 12.2 Å². The summed E-state index contributed by atoms with van der Waals surface area (Å²) in [7, 11) is 0. The minimum absolute atomic E-state index is 0.00329. The van der Waals surface area contributed by atoms with E-state index in [0.29, 0.717) is 29.5 Å². The first kappa shape index (κ1) is 17.7. The number of hydrogen-bond donors (Lipinski definition) is 2. The van der Waals surface area contributed by atoms with Gasteiger partial charge in [-0.15, -0.1) is 0 Å². The van der Waals surface area contributed by atoms with Gasteiger partial charge in [0, 0.05) is 6.07 Å². The van der Waals surface area contributed by atoms with Crippen molar-refractivity contribution >= 4 is 28.1 Å². The number of carboxylic acid groups (broad SMARTS) is 1. The van der Waals surface area contributed by atoms with Gasteiger partial charge < -0.3 is 19.9 Å². The lowest BCUT2D eigenvalue weighted by atomic mass is 10.0. The second-order valence-corrected chi connectivity index (χ2v) is 6.60. The third-order valence-electron chi connectivity index (χ3n) is 4.62. The molecule has 3 aromatic rings. The van der Waals surface area contributed by atoms with Crippen molar-refractivity contribution < 1.29 is 19.4 Å². The Hall–Kier alpha value is -3.72. The molecule has 0 spiro atoms. The standard InChI is InChI=1S/C22H18N2O4/c1-2-3-6-27-16-5-4-14-11-19-18(10-15(14)9-16)24-21-17(22(25)26)7-13(12-23)8-20(21)28-19/h4-5,7-11,24H,2-3,6H2,1H3,(H,25,26). The Morgan fingerprint density at radius 1 is 1.18 bits per heavy atom. The van der Waals surface area contributed by atoms with Crippen LogP contribution in [0.15, 0.2) is 42.5 Å². The second kappa shape index (κ2) is 7.12. The molecule has 4 rings (SSSR count). The highest BCUT2D eigenvalue weighted by Crippen LogP contribution is 2.46. The first-order chi connectivity index (χ1) is 13.6. The van der Waals surface area contributed by atoms with Gasteiger partial charge in [-0.2, -0.15) is 5.26 Å². The third-order valence-corrected chi connectivity index (χ3v) is 4.62. The Balaban J connectivity index is 1.74. The summed E-state index contributed by atoms with van der Waals surface area (Å²) in [5, 5.41) is 23.7.